The first-order valence-corrected chi connectivity index (χ1v) is 11.6. The minimum atomic E-state index is -0.449. The van der Waals surface area contributed by atoms with E-state index in [4.69, 9.17) is 9.72 Å². The van der Waals surface area contributed by atoms with Crippen molar-refractivity contribution in [1.82, 2.24) is 4.98 Å². The van der Waals surface area contributed by atoms with Crippen molar-refractivity contribution in [1.29, 1.82) is 0 Å². The van der Waals surface area contributed by atoms with Crippen LogP contribution in [0, 0.1) is 13.8 Å². The lowest BCUT2D eigenvalue weighted by atomic mass is 9.86. The van der Waals surface area contributed by atoms with Crippen molar-refractivity contribution < 1.29 is 9.53 Å². The number of hydrogen-bond acceptors (Lipinski definition) is 4. The van der Waals surface area contributed by atoms with E-state index in [1.165, 1.54) is 10.4 Å². The minimum Gasteiger partial charge on any atom is -0.478 e. The molecule has 0 N–H and O–H groups in total. The molecule has 4 rings (SSSR count). The molecule has 0 saturated carbocycles. The van der Waals surface area contributed by atoms with Gasteiger partial charge in [0.25, 0.3) is 5.91 Å². The number of anilines is 1. The van der Waals surface area contributed by atoms with Gasteiger partial charge in [0.15, 0.2) is 6.10 Å². The van der Waals surface area contributed by atoms with Gasteiger partial charge in [0, 0.05) is 10.4 Å². The van der Waals surface area contributed by atoms with Crippen molar-refractivity contribution in [2.75, 3.05) is 4.90 Å². The highest BCUT2D eigenvalue weighted by atomic mass is 32.1. The fourth-order valence-electron chi connectivity index (χ4n) is 3.98. The summed E-state index contributed by atoms with van der Waals surface area (Å²) in [6, 6.07) is 14.6. The Morgan fingerprint density at radius 1 is 1.10 bits per heavy atom. The van der Waals surface area contributed by atoms with E-state index in [1.807, 2.05) is 36.9 Å². The third kappa shape index (κ3) is 4.24. The molecule has 0 aliphatic carbocycles. The molecule has 0 radical (unpaired) electrons. The van der Waals surface area contributed by atoms with Crippen LogP contribution in [0.5, 0.6) is 5.75 Å². The van der Waals surface area contributed by atoms with Gasteiger partial charge in [-0.05, 0) is 55.0 Å². The molecule has 1 atom stereocenters. The van der Waals surface area contributed by atoms with Crippen molar-refractivity contribution in [2.24, 2.45) is 0 Å². The van der Waals surface area contributed by atoms with E-state index in [2.05, 4.69) is 52.0 Å². The van der Waals surface area contributed by atoms with Crippen molar-refractivity contribution in [2.45, 2.75) is 66.0 Å². The first-order chi connectivity index (χ1) is 14.7. The van der Waals surface area contributed by atoms with E-state index < -0.39 is 6.10 Å². The maximum Gasteiger partial charge on any atom is 0.268 e. The topological polar surface area (TPSA) is 42.4 Å². The molecule has 0 fully saturated rings. The summed E-state index contributed by atoms with van der Waals surface area (Å²) in [7, 11) is 0. The van der Waals surface area contributed by atoms with Gasteiger partial charge in [0.05, 0.1) is 22.9 Å². The summed E-state index contributed by atoms with van der Waals surface area (Å²) in [5.74, 6) is 0.768. The van der Waals surface area contributed by atoms with Gasteiger partial charge in [-0.2, -0.15) is 0 Å². The monoisotopic (exact) mass is 434 g/mol. The van der Waals surface area contributed by atoms with E-state index in [0.29, 0.717) is 13.0 Å². The van der Waals surface area contributed by atoms with Gasteiger partial charge < -0.3 is 9.64 Å². The predicted octanol–water partition coefficient (Wildman–Crippen LogP) is 6.43. The van der Waals surface area contributed by atoms with Gasteiger partial charge >= 0.3 is 0 Å². The van der Waals surface area contributed by atoms with Gasteiger partial charge in [-0.3, -0.25) is 4.79 Å². The second-order valence-corrected chi connectivity index (χ2v) is 10.6. The Kier molecular flexibility index (Phi) is 5.65. The number of ether oxygens (including phenoxy) is 1. The quantitative estimate of drug-likeness (QED) is 0.475. The molecular weight excluding hydrogens is 404 g/mol. The summed E-state index contributed by atoms with van der Waals surface area (Å²) in [5, 5.41) is 1.04. The normalized spacial score (nSPS) is 16.3. The van der Waals surface area contributed by atoms with Crippen LogP contribution in [0.1, 0.15) is 55.1 Å². The SMILES string of the molecule is CCC1Oc2ccc(-c3nc(C)sc3C)cc2N(Cc2ccc(C(C)(C)C)cc2)C1=O. The number of aromatic nitrogens is 1. The van der Waals surface area contributed by atoms with Gasteiger partial charge in [0.2, 0.25) is 0 Å². The van der Waals surface area contributed by atoms with Crippen LogP contribution in [0.25, 0.3) is 11.3 Å². The maximum absolute atomic E-state index is 13.3. The summed E-state index contributed by atoms with van der Waals surface area (Å²) in [6.45, 7) is 13.2. The summed E-state index contributed by atoms with van der Waals surface area (Å²) in [5.41, 5.74) is 5.30. The van der Waals surface area contributed by atoms with Crippen LogP contribution in [-0.4, -0.2) is 17.0 Å². The zero-order valence-electron chi connectivity index (χ0n) is 19.2. The van der Waals surface area contributed by atoms with Crippen LogP contribution < -0.4 is 9.64 Å². The molecule has 0 bridgehead atoms. The second-order valence-electron chi connectivity index (χ2n) is 9.21. The first-order valence-electron chi connectivity index (χ1n) is 10.8. The van der Waals surface area contributed by atoms with Crippen molar-refractivity contribution in [3.8, 4) is 17.0 Å². The van der Waals surface area contributed by atoms with Crippen molar-refractivity contribution in [3.05, 3.63) is 63.5 Å². The van der Waals surface area contributed by atoms with Gasteiger partial charge in [0.1, 0.15) is 5.75 Å². The second kappa shape index (κ2) is 8.12. The number of benzene rings is 2. The zero-order valence-corrected chi connectivity index (χ0v) is 20.0. The lowest BCUT2D eigenvalue weighted by Gasteiger charge is -2.34. The highest BCUT2D eigenvalue weighted by Gasteiger charge is 2.34. The number of carbonyl (C=O) groups excluding carboxylic acids is 1. The third-order valence-electron chi connectivity index (χ3n) is 5.77. The Morgan fingerprint density at radius 2 is 1.81 bits per heavy atom. The molecule has 1 aliphatic heterocycles. The van der Waals surface area contributed by atoms with Crippen molar-refractivity contribution in [3.63, 3.8) is 0 Å². The molecule has 3 aromatic rings. The zero-order chi connectivity index (χ0) is 22.3. The Balaban J connectivity index is 1.72. The fraction of sp³-hybridized carbons (Fsp3) is 0.385. The molecule has 4 nitrogen and oxygen atoms in total. The number of carbonyl (C=O) groups is 1. The minimum absolute atomic E-state index is 0.0122. The maximum atomic E-state index is 13.3. The largest absolute Gasteiger partial charge is 0.478 e. The van der Waals surface area contributed by atoms with E-state index in [1.54, 1.807) is 11.3 Å². The molecule has 5 heteroatoms. The summed E-state index contributed by atoms with van der Waals surface area (Å²) < 4.78 is 6.04. The third-order valence-corrected chi connectivity index (χ3v) is 6.66. The first kappa shape index (κ1) is 21.6. The summed E-state index contributed by atoms with van der Waals surface area (Å²) in [6.07, 6.45) is 0.194. The lowest BCUT2D eigenvalue weighted by Crippen LogP contribution is -2.45. The Labute approximate surface area is 188 Å². The molecular formula is C26H30N2O2S. The number of amides is 1. The number of hydrogen-bond donors (Lipinski definition) is 0. The molecule has 2 heterocycles. The van der Waals surface area contributed by atoms with Gasteiger partial charge in [-0.25, -0.2) is 4.98 Å². The molecule has 2 aromatic carbocycles. The smallest absolute Gasteiger partial charge is 0.268 e. The van der Waals surface area contributed by atoms with E-state index in [-0.39, 0.29) is 11.3 Å². The number of nitrogens with zero attached hydrogens (tertiary/aromatic N) is 2. The van der Waals surface area contributed by atoms with E-state index >= 15 is 0 Å². The molecule has 31 heavy (non-hydrogen) atoms. The summed E-state index contributed by atoms with van der Waals surface area (Å²) >= 11 is 1.69. The number of aryl methyl sites for hydroxylation is 2. The standard InChI is InChI=1S/C26H30N2O2S/c1-7-22-25(29)28(15-18-8-11-20(12-9-18)26(4,5)6)21-14-19(10-13-23(21)30-22)24-16(2)31-17(3)27-24/h8-14,22H,7,15H2,1-6H3. The van der Waals surface area contributed by atoms with Crippen LogP contribution >= 0.6 is 11.3 Å². The average Bonchev–Trinajstić information content (AvgIpc) is 3.07. The van der Waals surface area contributed by atoms with Crippen LogP contribution in [-0.2, 0) is 16.8 Å². The molecule has 162 valence electrons. The number of thiazole rings is 1. The van der Waals surface area contributed by atoms with Gasteiger partial charge in [-0.15, -0.1) is 11.3 Å². The molecule has 1 amide bonds. The number of fused-ring (bicyclic) bond motifs is 1. The molecule has 1 unspecified atom stereocenters. The van der Waals surface area contributed by atoms with Crippen molar-refractivity contribution >= 4 is 22.9 Å². The lowest BCUT2D eigenvalue weighted by molar-refractivity contribution is -0.126. The van der Waals surface area contributed by atoms with E-state index in [9.17, 15) is 4.79 Å². The van der Waals surface area contributed by atoms with Crippen LogP contribution in [0.2, 0.25) is 0 Å². The molecule has 0 spiro atoms. The Morgan fingerprint density at radius 3 is 2.39 bits per heavy atom. The summed E-state index contributed by atoms with van der Waals surface area (Å²) in [4.78, 5) is 21.0. The highest BCUT2D eigenvalue weighted by molar-refractivity contribution is 7.11. The number of rotatable bonds is 4. The van der Waals surface area contributed by atoms with Crippen LogP contribution in [0.3, 0.4) is 0 Å². The molecule has 1 aliphatic rings. The Hall–Kier alpha value is -2.66. The van der Waals surface area contributed by atoms with E-state index in [0.717, 1.165) is 33.3 Å². The molecule has 1 aromatic heterocycles. The highest BCUT2D eigenvalue weighted by Crippen LogP contribution is 2.40. The Bertz CT molecular complexity index is 1110. The fourth-order valence-corrected chi connectivity index (χ4v) is 4.82. The van der Waals surface area contributed by atoms with Crippen LogP contribution in [0.4, 0.5) is 5.69 Å². The van der Waals surface area contributed by atoms with Crippen LogP contribution in [0.15, 0.2) is 42.5 Å². The van der Waals surface area contributed by atoms with Gasteiger partial charge in [-0.1, -0.05) is 52.0 Å². The average molecular weight is 435 g/mol. The predicted molar refractivity (Wildman–Crippen MR) is 128 cm³/mol. The molecule has 0 saturated heterocycles.